The number of anilines is 1. The molecule has 1 aromatic rings. The average Bonchev–Trinajstić information content (AvgIpc) is 2.43. The fourth-order valence-corrected chi connectivity index (χ4v) is 2.81. The maximum Gasteiger partial charge on any atom is 0.167 e. The molecule has 1 aromatic carbocycles. The van der Waals surface area contributed by atoms with Gasteiger partial charge in [-0.15, -0.1) is 0 Å². The number of ether oxygens (including phenoxy) is 1. The van der Waals surface area contributed by atoms with Crippen molar-refractivity contribution in [3.05, 3.63) is 24.0 Å². The zero-order chi connectivity index (χ0) is 13.7. The molecule has 0 saturated heterocycles. The summed E-state index contributed by atoms with van der Waals surface area (Å²) in [5.74, 6) is 0.937. The van der Waals surface area contributed by atoms with Gasteiger partial charge < -0.3 is 10.1 Å². The Kier molecular flexibility index (Phi) is 5.06. The first-order valence-corrected chi connectivity index (χ1v) is 7.41. The molecular weight excluding hydrogens is 241 g/mol. The Balaban J connectivity index is 1.91. The number of benzene rings is 1. The van der Waals surface area contributed by atoms with E-state index in [1.165, 1.54) is 38.2 Å². The Labute approximate surface area is 115 Å². The average molecular weight is 265 g/mol. The predicted molar refractivity (Wildman–Crippen MR) is 77.2 cm³/mol. The number of nitrogens with one attached hydrogen (secondary N) is 1. The first kappa shape index (κ1) is 14.2. The first-order chi connectivity index (χ1) is 9.22. The third kappa shape index (κ3) is 3.85. The summed E-state index contributed by atoms with van der Waals surface area (Å²) in [7, 11) is 0. The van der Waals surface area contributed by atoms with Crippen molar-refractivity contribution in [2.75, 3.05) is 11.9 Å². The number of hydrogen-bond acceptors (Lipinski definition) is 2. The second-order valence-corrected chi connectivity index (χ2v) is 5.35. The first-order valence-electron chi connectivity index (χ1n) is 7.41. The van der Waals surface area contributed by atoms with Crippen LogP contribution in [0.5, 0.6) is 5.75 Å². The minimum Gasteiger partial charge on any atom is -0.491 e. The van der Waals surface area contributed by atoms with Crippen LogP contribution in [0.4, 0.5) is 10.1 Å². The fourth-order valence-electron chi connectivity index (χ4n) is 2.81. The van der Waals surface area contributed by atoms with E-state index in [0.29, 0.717) is 18.4 Å². The van der Waals surface area contributed by atoms with E-state index in [0.717, 1.165) is 11.6 Å². The van der Waals surface area contributed by atoms with E-state index in [2.05, 4.69) is 12.2 Å². The van der Waals surface area contributed by atoms with Gasteiger partial charge in [0.2, 0.25) is 0 Å². The molecule has 0 radical (unpaired) electrons. The van der Waals surface area contributed by atoms with Crippen molar-refractivity contribution in [2.24, 2.45) is 5.92 Å². The van der Waals surface area contributed by atoms with Crippen molar-refractivity contribution in [1.82, 2.24) is 0 Å². The maximum absolute atomic E-state index is 13.7. The van der Waals surface area contributed by atoms with Gasteiger partial charge in [0.1, 0.15) is 0 Å². The van der Waals surface area contributed by atoms with Crippen LogP contribution in [0.3, 0.4) is 0 Å². The Bertz CT molecular complexity index is 400. The highest BCUT2D eigenvalue weighted by atomic mass is 19.1. The van der Waals surface area contributed by atoms with Crippen LogP contribution in [0, 0.1) is 11.7 Å². The Morgan fingerprint density at radius 1 is 1.21 bits per heavy atom. The van der Waals surface area contributed by atoms with Gasteiger partial charge in [-0.3, -0.25) is 0 Å². The van der Waals surface area contributed by atoms with Gasteiger partial charge in [-0.05, 0) is 50.7 Å². The molecule has 0 aliphatic heterocycles. The second-order valence-electron chi connectivity index (χ2n) is 5.35. The van der Waals surface area contributed by atoms with E-state index in [4.69, 9.17) is 4.74 Å². The molecule has 0 atom stereocenters. The molecule has 2 rings (SSSR count). The van der Waals surface area contributed by atoms with Crippen LogP contribution in [-0.2, 0) is 0 Å². The molecule has 1 fully saturated rings. The van der Waals surface area contributed by atoms with Crippen LogP contribution in [0.25, 0.3) is 0 Å². The summed E-state index contributed by atoms with van der Waals surface area (Å²) in [6, 6.07) is 5.63. The lowest BCUT2D eigenvalue weighted by Gasteiger charge is -2.29. The monoisotopic (exact) mass is 265 g/mol. The topological polar surface area (TPSA) is 21.3 Å². The molecule has 19 heavy (non-hydrogen) atoms. The Hall–Kier alpha value is -1.25. The van der Waals surface area contributed by atoms with E-state index in [1.807, 2.05) is 13.0 Å². The lowest BCUT2D eigenvalue weighted by Crippen LogP contribution is -2.25. The largest absolute Gasteiger partial charge is 0.491 e. The molecule has 0 amide bonds. The number of rotatable bonds is 5. The van der Waals surface area contributed by atoms with Crippen LogP contribution in [0.1, 0.15) is 46.0 Å². The van der Waals surface area contributed by atoms with E-state index in [-0.39, 0.29) is 5.82 Å². The molecule has 1 saturated carbocycles. The molecular formula is C16H24FNO. The van der Waals surface area contributed by atoms with Gasteiger partial charge in [0.15, 0.2) is 11.6 Å². The summed E-state index contributed by atoms with van der Waals surface area (Å²) in [6.07, 6.45) is 6.23. The molecule has 106 valence electrons. The number of halogens is 1. The summed E-state index contributed by atoms with van der Waals surface area (Å²) >= 11 is 0. The van der Waals surface area contributed by atoms with Gasteiger partial charge in [-0.2, -0.15) is 0 Å². The zero-order valence-corrected chi connectivity index (χ0v) is 11.9. The highest BCUT2D eigenvalue weighted by Gasteiger charge is 2.19. The van der Waals surface area contributed by atoms with E-state index >= 15 is 0 Å². The highest BCUT2D eigenvalue weighted by Crippen LogP contribution is 2.29. The molecule has 0 spiro atoms. The quantitative estimate of drug-likeness (QED) is 0.839. The van der Waals surface area contributed by atoms with Crippen molar-refractivity contribution in [3.63, 3.8) is 0 Å². The Morgan fingerprint density at radius 2 is 1.95 bits per heavy atom. The van der Waals surface area contributed by atoms with E-state index in [1.54, 1.807) is 6.07 Å². The van der Waals surface area contributed by atoms with E-state index in [9.17, 15) is 4.39 Å². The van der Waals surface area contributed by atoms with Crippen molar-refractivity contribution in [1.29, 1.82) is 0 Å². The van der Waals surface area contributed by atoms with Crippen molar-refractivity contribution >= 4 is 5.69 Å². The molecule has 1 N–H and O–H groups in total. The summed E-state index contributed by atoms with van der Waals surface area (Å²) in [5.41, 5.74) is 0.862. The van der Waals surface area contributed by atoms with E-state index < -0.39 is 0 Å². The normalized spacial score (nSPS) is 23.1. The van der Waals surface area contributed by atoms with Crippen molar-refractivity contribution < 1.29 is 9.13 Å². The minimum absolute atomic E-state index is 0.283. The predicted octanol–water partition coefficient (Wildman–Crippen LogP) is 4.61. The molecule has 0 unspecified atom stereocenters. The molecule has 0 aromatic heterocycles. The molecule has 1 aliphatic rings. The molecule has 0 heterocycles. The van der Waals surface area contributed by atoms with Gasteiger partial charge in [0.25, 0.3) is 0 Å². The molecule has 0 bridgehead atoms. The smallest absolute Gasteiger partial charge is 0.167 e. The van der Waals surface area contributed by atoms with Gasteiger partial charge in [0, 0.05) is 17.8 Å². The zero-order valence-electron chi connectivity index (χ0n) is 11.9. The standard InChI is InChI=1S/C16H24FNO/c1-3-12-5-7-13(8-6-12)18-14-9-10-16(19-4-2)15(17)11-14/h9-13,18H,3-8H2,1-2H3. The summed E-state index contributed by atoms with van der Waals surface area (Å²) in [6.45, 7) is 4.61. The number of hydrogen-bond donors (Lipinski definition) is 1. The fraction of sp³-hybridized carbons (Fsp3) is 0.625. The molecule has 3 heteroatoms. The van der Waals surface area contributed by atoms with Gasteiger partial charge in [-0.25, -0.2) is 4.39 Å². The van der Waals surface area contributed by atoms with Crippen LogP contribution in [0.2, 0.25) is 0 Å². The van der Waals surface area contributed by atoms with Gasteiger partial charge in [-0.1, -0.05) is 13.3 Å². The van der Waals surface area contributed by atoms with Crippen molar-refractivity contribution in [2.45, 2.75) is 52.0 Å². The Morgan fingerprint density at radius 3 is 2.53 bits per heavy atom. The third-order valence-electron chi connectivity index (χ3n) is 4.03. The second kappa shape index (κ2) is 6.78. The van der Waals surface area contributed by atoms with Crippen LogP contribution >= 0.6 is 0 Å². The highest BCUT2D eigenvalue weighted by molar-refractivity contribution is 5.48. The van der Waals surface area contributed by atoms with Crippen LogP contribution in [-0.4, -0.2) is 12.6 Å². The maximum atomic E-state index is 13.7. The van der Waals surface area contributed by atoms with Crippen LogP contribution < -0.4 is 10.1 Å². The van der Waals surface area contributed by atoms with Gasteiger partial charge >= 0.3 is 0 Å². The minimum atomic E-state index is -0.283. The molecule has 2 nitrogen and oxygen atoms in total. The van der Waals surface area contributed by atoms with Crippen LogP contribution in [0.15, 0.2) is 18.2 Å². The summed E-state index contributed by atoms with van der Waals surface area (Å²) in [5, 5.41) is 3.44. The lowest BCUT2D eigenvalue weighted by molar-refractivity contribution is 0.321. The third-order valence-corrected chi connectivity index (χ3v) is 4.03. The summed E-state index contributed by atoms with van der Waals surface area (Å²) < 4.78 is 19.0. The lowest BCUT2D eigenvalue weighted by atomic mass is 9.84. The summed E-state index contributed by atoms with van der Waals surface area (Å²) in [4.78, 5) is 0. The van der Waals surface area contributed by atoms with Gasteiger partial charge in [0.05, 0.1) is 6.61 Å². The van der Waals surface area contributed by atoms with Crippen molar-refractivity contribution in [3.8, 4) is 5.75 Å². The SMILES string of the molecule is CCOc1ccc(NC2CCC(CC)CC2)cc1F. The molecule has 1 aliphatic carbocycles.